The second-order valence-electron chi connectivity index (χ2n) is 7.07. The quantitative estimate of drug-likeness (QED) is 0.733. The Labute approximate surface area is 143 Å². The summed E-state index contributed by atoms with van der Waals surface area (Å²) in [5, 5.41) is 0. The molecule has 0 aromatic rings. The normalized spacial score (nSPS) is 29.8. The first kappa shape index (κ1) is 17.7. The van der Waals surface area contributed by atoms with Crippen molar-refractivity contribution >= 4 is 11.9 Å². The minimum atomic E-state index is -0.691. The van der Waals surface area contributed by atoms with Crippen molar-refractivity contribution in [3.8, 4) is 0 Å². The molecule has 2 unspecified atom stereocenters. The first-order valence-electron chi connectivity index (χ1n) is 9.36. The molecule has 2 atom stereocenters. The van der Waals surface area contributed by atoms with E-state index >= 15 is 0 Å². The van der Waals surface area contributed by atoms with Gasteiger partial charge in [0, 0.05) is 0 Å². The Morgan fingerprint density at radius 2 is 1.00 bits per heavy atom. The van der Waals surface area contributed by atoms with E-state index in [0.717, 1.165) is 51.4 Å². The van der Waals surface area contributed by atoms with E-state index < -0.39 is 12.6 Å². The van der Waals surface area contributed by atoms with E-state index in [1.54, 1.807) is 0 Å². The van der Waals surface area contributed by atoms with Crippen LogP contribution in [-0.4, -0.2) is 37.7 Å². The third kappa shape index (κ3) is 4.93. The molecule has 0 bridgehead atoms. The highest BCUT2D eigenvalue weighted by atomic mass is 16.8. The molecule has 0 radical (unpaired) electrons. The van der Waals surface area contributed by atoms with Gasteiger partial charge in [-0.1, -0.05) is 38.5 Å². The summed E-state index contributed by atoms with van der Waals surface area (Å²) >= 11 is 0. The van der Waals surface area contributed by atoms with Crippen LogP contribution in [0.3, 0.4) is 0 Å². The molecule has 2 saturated carbocycles. The van der Waals surface area contributed by atoms with Gasteiger partial charge in [-0.25, -0.2) is 0 Å². The Morgan fingerprint density at radius 3 is 1.33 bits per heavy atom. The summed E-state index contributed by atoms with van der Waals surface area (Å²) in [5.74, 6) is -0.407. The van der Waals surface area contributed by atoms with Gasteiger partial charge in [-0.05, 0) is 25.7 Å². The topological polar surface area (TPSA) is 71.1 Å². The van der Waals surface area contributed by atoms with Gasteiger partial charge < -0.3 is 18.9 Å². The van der Waals surface area contributed by atoms with Gasteiger partial charge in [0.05, 0.1) is 11.8 Å². The second kappa shape index (κ2) is 8.81. The van der Waals surface area contributed by atoms with E-state index in [-0.39, 0.29) is 37.0 Å². The smallest absolute Gasteiger partial charge is 0.311 e. The third-order valence-electron chi connectivity index (χ3n) is 5.21. The summed E-state index contributed by atoms with van der Waals surface area (Å²) in [6.07, 6.45) is 8.93. The van der Waals surface area contributed by atoms with Crippen molar-refractivity contribution in [1.29, 1.82) is 0 Å². The third-order valence-corrected chi connectivity index (χ3v) is 5.21. The average Bonchev–Trinajstić information content (AvgIpc) is 2.65. The molecule has 1 saturated heterocycles. The molecule has 24 heavy (non-hydrogen) atoms. The Bertz CT molecular complexity index is 377. The summed E-state index contributed by atoms with van der Waals surface area (Å²) in [6, 6.07) is 0. The highest BCUT2D eigenvalue weighted by Gasteiger charge is 2.32. The summed E-state index contributed by atoms with van der Waals surface area (Å²) in [7, 11) is 0. The molecule has 1 aliphatic heterocycles. The average molecular weight is 340 g/mol. The van der Waals surface area contributed by atoms with Crippen LogP contribution >= 0.6 is 0 Å². The lowest BCUT2D eigenvalue weighted by atomic mass is 9.89. The minimum absolute atomic E-state index is 0.01000. The van der Waals surface area contributed by atoms with E-state index in [4.69, 9.17) is 18.9 Å². The maximum atomic E-state index is 12.1. The summed E-state index contributed by atoms with van der Waals surface area (Å²) in [6.45, 7) is 0.224. The monoisotopic (exact) mass is 340 g/mol. The van der Waals surface area contributed by atoms with Gasteiger partial charge in [-0.2, -0.15) is 0 Å². The Balaban J connectivity index is 1.36. The van der Waals surface area contributed by atoms with Crippen LogP contribution in [0.4, 0.5) is 0 Å². The Hall–Kier alpha value is -1.14. The molecule has 0 spiro atoms. The van der Waals surface area contributed by atoms with Crippen molar-refractivity contribution in [2.24, 2.45) is 11.8 Å². The summed E-state index contributed by atoms with van der Waals surface area (Å²) < 4.78 is 21.7. The SMILES string of the molecule is O=C(OC1COC(OC(=O)C2CCCCC2)CO1)C1CCCCC1. The van der Waals surface area contributed by atoms with Crippen molar-refractivity contribution in [3.05, 3.63) is 0 Å². The first-order chi connectivity index (χ1) is 11.7. The molecule has 6 nitrogen and oxygen atoms in total. The first-order valence-corrected chi connectivity index (χ1v) is 9.36. The Kier molecular flexibility index (Phi) is 6.49. The van der Waals surface area contributed by atoms with Crippen LogP contribution in [0.25, 0.3) is 0 Å². The van der Waals surface area contributed by atoms with E-state index in [0.29, 0.717) is 0 Å². The second-order valence-corrected chi connectivity index (χ2v) is 7.07. The van der Waals surface area contributed by atoms with Gasteiger partial charge in [0.15, 0.2) is 0 Å². The van der Waals surface area contributed by atoms with Gasteiger partial charge >= 0.3 is 11.9 Å². The molecule has 0 aromatic carbocycles. The van der Waals surface area contributed by atoms with E-state index in [1.165, 1.54) is 12.8 Å². The molecule has 0 amide bonds. The molecule has 2 aliphatic carbocycles. The van der Waals surface area contributed by atoms with Crippen molar-refractivity contribution in [3.63, 3.8) is 0 Å². The molecule has 3 aliphatic rings. The highest BCUT2D eigenvalue weighted by molar-refractivity contribution is 5.73. The lowest BCUT2D eigenvalue weighted by Gasteiger charge is -2.31. The number of rotatable bonds is 4. The predicted octanol–water partition coefficient (Wildman–Crippen LogP) is 2.93. The van der Waals surface area contributed by atoms with Crippen LogP contribution in [0.5, 0.6) is 0 Å². The molecule has 136 valence electrons. The van der Waals surface area contributed by atoms with Crippen LogP contribution < -0.4 is 0 Å². The van der Waals surface area contributed by atoms with Crippen molar-refractivity contribution in [2.45, 2.75) is 76.8 Å². The molecule has 3 rings (SSSR count). The fraction of sp³-hybridized carbons (Fsp3) is 0.889. The van der Waals surface area contributed by atoms with E-state index in [1.807, 2.05) is 0 Å². The highest BCUT2D eigenvalue weighted by Crippen LogP contribution is 2.27. The molecule has 6 heteroatoms. The summed E-state index contributed by atoms with van der Waals surface area (Å²) in [5.41, 5.74) is 0. The number of carbonyl (C=O) groups is 2. The zero-order chi connectivity index (χ0) is 16.8. The predicted molar refractivity (Wildman–Crippen MR) is 84.8 cm³/mol. The van der Waals surface area contributed by atoms with Crippen LogP contribution in [0.15, 0.2) is 0 Å². The van der Waals surface area contributed by atoms with Crippen LogP contribution in [0.1, 0.15) is 64.2 Å². The fourth-order valence-electron chi connectivity index (χ4n) is 3.73. The van der Waals surface area contributed by atoms with Crippen LogP contribution in [0, 0.1) is 11.8 Å². The largest absolute Gasteiger partial charge is 0.433 e. The molecular weight excluding hydrogens is 312 g/mol. The van der Waals surface area contributed by atoms with Crippen molar-refractivity contribution in [1.82, 2.24) is 0 Å². The van der Waals surface area contributed by atoms with E-state index in [9.17, 15) is 9.59 Å². The molecular formula is C18H28O6. The minimum Gasteiger partial charge on any atom is -0.433 e. The fourth-order valence-corrected chi connectivity index (χ4v) is 3.73. The number of carbonyl (C=O) groups excluding carboxylic acids is 2. The van der Waals surface area contributed by atoms with Gasteiger partial charge in [-0.3, -0.25) is 9.59 Å². The zero-order valence-corrected chi connectivity index (χ0v) is 14.2. The number of hydrogen-bond acceptors (Lipinski definition) is 6. The van der Waals surface area contributed by atoms with Crippen LogP contribution in [0.2, 0.25) is 0 Å². The lowest BCUT2D eigenvalue weighted by molar-refractivity contribution is -0.279. The van der Waals surface area contributed by atoms with Crippen molar-refractivity contribution in [2.75, 3.05) is 13.2 Å². The molecule has 0 aromatic heterocycles. The van der Waals surface area contributed by atoms with Gasteiger partial charge in [0.2, 0.25) is 12.6 Å². The number of ether oxygens (including phenoxy) is 4. The maximum Gasteiger partial charge on any atom is 0.311 e. The maximum absolute atomic E-state index is 12.1. The molecule has 0 N–H and O–H groups in total. The van der Waals surface area contributed by atoms with Gasteiger partial charge in [0.1, 0.15) is 13.2 Å². The molecule has 3 fully saturated rings. The lowest BCUT2D eigenvalue weighted by Crippen LogP contribution is -2.42. The van der Waals surface area contributed by atoms with E-state index in [2.05, 4.69) is 0 Å². The Morgan fingerprint density at radius 1 is 0.625 bits per heavy atom. The number of hydrogen-bond donors (Lipinski definition) is 0. The standard InChI is InChI=1S/C18H28O6/c19-17(13-7-3-1-4-8-13)23-15-11-22-16(12-21-15)24-18(20)14-9-5-2-6-10-14/h13-16H,1-12H2. The van der Waals surface area contributed by atoms with Crippen molar-refractivity contribution < 1.29 is 28.5 Å². The zero-order valence-electron chi connectivity index (χ0n) is 14.2. The van der Waals surface area contributed by atoms with Gasteiger partial charge in [-0.15, -0.1) is 0 Å². The number of esters is 2. The van der Waals surface area contributed by atoms with Crippen LogP contribution in [-0.2, 0) is 28.5 Å². The molecule has 1 heterocycles. The van der Waals surface area contributed by atoms with Gasteiger partial charge in [0.25, 0.3) is 0 Å². The summed E-state index contributed by atoms with van der Waals surface area (Å²) in [4.78, 5) is 24.2.